The lowest BCUT2D eigenvalue weighted by Crippen LogP contribution is -2.60. The van der Waals surface area contributed by atoms with E-state index in [0.29, 0.717) is 13.2 Å². The van der Waals surface area contributed by atoms with E-state index < -0.39 is 6.10 Å². The van der Waals surface area contributed by atoms with Gasteiger partial charge in [-0.1, -0.05) is 17.7 Å². The van der Waals surface area contributed by atoms with Crippen LogP contribution in [0.4, 0.5) is 0 Å². The van der Waals surface area contributed by atoms with Gasteiger partial charge < -0.3 is 9.84 Å². The smallest absolute Gasteiger partial charge is 0.119 e. The quantitative estimate of drug-likeness (QED) is 0.898. The van der Waals surface area contributed by atoms with E-state index >= 15 is 0 Å². The maximum absolute atomic E-state index is 10.4. The lowest BCUT2D eigenvalue weighted by Gasteiger charge is -2.53. The number of aryl methyl sites for hydroxylation is 1. The van der Waals surface area contributed by atoms with Gasteiger partial charge in [-0.3, -0.25) is 4.90 Å². The topological polar surface area (TPSA) is 32.7 Å². The van der Waals surface area contributed by atoms with Gasteiger partial charge in [-0.05, 0) is 66.0 Å². The Bertz CT molecular complexity index is 463. The summed E-state index contributed by atoms with van der Waals surface area (Å²) in [7, 11) is 0. The number of nitrogens with zero attached hydrogens (tertiary/aromatic N) is 1. The van der Waals surface area contributed by atoms with Crippen LogP contribution in [0.2, 0.25) is 0 Å². The van der Waals surface area contributed by atoms with Crippen LogP contribution in [-0.4, -0.2) is 40.3 Å². The summed E-state index contributed by atoms with van der Waals surface area (Å²) in [5, 5.41) is 10.4. The van der Waals surface area contributed by atoms with E-state index in [-0.39, 0.29) is 11.1 Å². The van der Waals surface area contributed by atoms with Crippen molar-refractivity contribution in [1.29, 1.82) is 0 Å². The summed E-state index contributed by atoms with van der Waals surface area (Å²) < 4.78 is 5.72. The summed E-state index contributed by atoms with van der Waals surface area (Å²) in [4.78, 5) is 2.45. The van der Waals surface area contributed by atoms with Crippen LogP contribution in [0.25, 0.3) is 0 Å². The van der Waals surface area contributed by atoms with Crippen LogP contribution in [0.3, 0.4) is 0 Å². The molecule has 0 spiro atoms. The van der Waals surface area contributed by atoms with Crippen molar-refractivity contribution in [2.75, 3.05) is 13.2 Å². The van der Waals surface area contributed by atoms with Gasteiger partial charge in [0, 0.05) is 17.6 Å². The normalized spacial score (nSPS) is 22.3. The fraction of sp³-hybridized carbons (Fsp3) is 0.684. The van der Waals surface area contributed by atoms with Gasteiger partial charge in [0.05, 0.1) is 0 Å². The minimum Gasteiger partial charge on any atom is -0.491 e. The Morgan fingerprint density at radius 1 is 1.09 bits per heavy atom. The first-order valence-corrected chi connectivity index (χ1v) is 8.36. The molecule has 1 unspecified atom stereocenters. The van der Waals surface area contributed by atoms with Crippen molar-refractivity contribution in [2.24, 2.45) is 0 Å². The van der Waals surface area contributed by atoms with E-state index in [1.165, 1.54) is 24.8 Å². The van der Waals surface area contributed by atoms with Gasteiger partial charge >= 0.3 is 0 Å². The molecule has 0 aliphatic carbocycles. The molecule has 1 aliphatic heterocycles. The van der Waals surface area contributed by atoms with Gasteiger partial charge in [-0.25, -0.2) is 0 Å². The van der Waals surface area contributed by atoms with Crippen LogP contribution in [-0.2, 0) is 0 Å². The van der Waals surface area contributed by atoms with Crippen molar-refractivity contribution in [1.82, 2.24) is 4.90 Å². The molecular weight excluding hydrogens is 274 g/mol. The largest absolute Gasteiger partial charge is 0.491 e. The fourth-order valence-electron chi connectivity index (χ4n) is 3.63. The molecule has 22 heavy (non-hydrogen) atoms. The molecule has 0 saturated carbocycles. The standard InChI is InChI=1S/C19H31NO2/c1-15-7-9-17(10-8-15)22-14-16(21)13-20-18(2,3)11-6-12-19(20,4)5/h7-10,16,21H,6,11-14H2,1-5H3. The Morgan fingerprint density at radius 3 is 2.18 bits per heavy atom. The number of hydrogen-bond donors (Lipinski definition) is 1. The Kier molecular flexibility index (Phi) is 5.18. The molecule has 0 bridgehead atoms. The van der Waals surface area contributed by atoms with Crippen LogP contribution in [0, 0.1) is 6.92 Å². The molecule has 0 aromatic heterocycles. The molecule has 1 aliphatic rings. The van der Waals surface area contributed by atoms with Crippen LogP contribution >= 0.6 is 0 Å². The number of hydrogen-bond acceptors (Lipinski definition) is 3. The molecule has 1 saturated heterocycles. The van der Waals surface area contributed by atoms with Gasteiger partial charge in [0.1, 0.15) is 18.5 Å². The van der Waals surface area contributed by atoms with E-state index in [1.807, 2.05) is 24.3 Å². The summed E-state index contributed by atoms with van der Waals surface area (Å²) >= 11 is 0. The van der Waals surface area contributed by atoms with Gasteiger partial charge in [0.2, 0.25) is 0 Å². The molecule has 0 radical (unpaired) electrons. The molecule has 124 valence electrons. The van der Waals surface area contributed by atoms with Crippen LogP contribution in [0.15, 0.2) is 24.3 Å². The summed E-state index contributed by atoms with van der Waals surface area (Å²) in [6.45, 7) is 12.2. The maximum Gasteiger partial charge on any atom is 0.119 e. The SMILES string of the molecule is Cc1ccc(OCC(O)CN2C(C)(C)CCCC2(C)C)cc1. The van der Waals surface area contributed by atoms with Crippen LogP contribution in [0.5, 0.6) is 5.75 Å². The molecule has 0 amide bonds. The maximum atomic E-state index is 10.4. The number of β-amino-alcohol motifs (C(OH)–C–C–N with tert-alkyl or cyclic N) is 1. The molecule has 1 heterocycles. The zero-order valence-electron chi connectivity index (χ0n) is 14.7. The first-order chi connectivity index (χ1) is 10.2. The Balaban J connectivity index is 1.92. The average molecular weight is 305 g/mol. The number of aliphatic hydroxyl groups is 1. The highest BCUT2D eigenvalue weighted by Crippen LogP contribution is 2.38. The summed E-state index contributed by atoms with van der Waals surface area (Å²) in [6.07, 6.45) is 3.15. The molecule has 2 rings (SSSR count). The highest BCUT2D eigenvalue weighted by molar-refractivity contribution is 5.26. The highest BCUT2D eigenvalue weighted by atomic mass is 16.5. The van der Waals surface area contributed by atoms with Gasteiger partial charge in [-0.15, -0.1) is 0 Å². The number of benzene rings is 1. The number of rotatable bonds is 5. The third kappa shape index (κ3) is 4.23. The fourth-order valence-corrected chi connectivity index (χ4v) is 3.63. The number of likely N-dealkylation sites (tertiary alicyclic amines) is 1. The van der Waals surface area contributed by atoms with E-state index in [1.54, 1.807) is 0 Å². The summed E-state index contributed by atoms with van der Waals surface area (Å²) in [5.74, 6) is 0.821. The third-order valence-corrected chi connectivity index (χ3v) is 4.90. The Hall–Kier alpha value is -1.06. The Labute approximate surface area is 135 Å². The van der Waals surface area contributed by atoms with E-state index in [0.717, 1.165) is 5.75 Å². The molecule has 1 N–H and O–H groups in total. The number of ether oxygens (including phenoxy) is 1. The van der Waals surface area contributed by atoms with Crippen molar-refractivity contribution in [3.63, 3.8) is 0 Å². The molecule has 1 aromatic rings. The van der Waals surface area contributed by atoms with Gasteiger partial charge in [-0.2, -0.15) is 0 Å². The first kappa shape index (κ1) is 17.3. The third-order valence-electron chi connectivity index (χ3n) is 4.90. The zero-order chi connectivity index (χ0) is 16.4. The zero-order valence-corrected chi connectivity index (χ0v) is 14.7. The lowest BCUT2D eigenvalue weighted by atomic mass is 9.79. The summed E-state index contributed by atoms with van der Waals surface area (Å²) in [6, 6.07) is 7.96. The minimum absolute atomic E-state index is 0.132. The first-order valence-electron chi connectivity index (χ1n) is 8.36. The second-order valence-electron chi connectivity index (χ2n) is 7.87. The molecule has 1 aromatic carbocycles. The minimum atomic E-state index is -0.474. The van der Waals surface area contributed by atoms with E-state index in [4.69, 9.17) is 4.74 Å². The second kappa shape index (κ2) is 6.59. The predicted molar refractivity (Wildman–Crippen MR) is 91.4 cm³/mol. The molecule has 3 nitrogen and oxygen atoms in total. The summed E-state index contributed by atoms with van der Waals surface area (Å²) in [5.41, 5.74) is 1.48. The van der Waals surface area contributed by atoms with Crippen molar-refractivity contribution in [2.45, 2.75) is 71.1 Å². The lowest BCUT2D eigenvalue weighted by molar-refractivity contribution is -0.0606. The second-order valence-corrected chi connectivity index (χ2v) is 7.87. The van der Waals surface area contributed by atoms with E-state index in [9.17, 15) is 5.11 Å². The molecule has 1 atom stereocenters. The highest BCUT2D eigenvalue weighted by Gasteiger charge is 2.41. The van der Waals surface area contributed by atoms with Gasteiger partial charge in [0.15, 0.2) is 0 Å². The van der Waals surface area contributed by atoms with Crippen molar-refractivity contribution < 1.29 is 9.84 Å². The number of piperidine rings is 1. The monoisotopic (exact) mass is 305 g/mol. The van der Waals surface area contributed by atoms with Crippen molar-refractivity contribution in [3.8, 4) is 5.75 Å². The predicted octanol–water partition coefficient (Wildman–Crippen LogP) is 3.78. The van der Waals surface area contributed by atoms with Crippen molar-refractivity contribution in [3.05, 3.63) is 29.8 Å². The molecule has 3 heteroatoms. The Morgan fingerprint density at radius 2 is 1.64 bits per heavy atom. The van der Waals surface area contributed by atoms with E-state index in [2.05, 4.69) is 39.5 Å². The average Bonchev–Trinajstić information content (AvgIpc) is 2.42. The number of aliphatic hydroxyl groups excluding tert-OH is 1. The van der Waals surface area contributed by atoms with Crippen LogP contribution < -0.4 is 4.74 Å². The molecule has 1 fully saturated rings. The van der Waals surface area contributed by atoms with Gasteiger partial charge in [0.25, 0.3) is 0 Å². The van der Waals surface area contributed by atoms with Crippen molar-refractivity contribution >= 4 is 0 Å². The van der Waals surface area contributed by atoms with Crippen LogP contribution in [0.1, 0.15) is 52.5 Å². The molecular formula is C19H31NO2.